The molecule has 1 atom stereocenters. The van der Waals surface area contributed by atoms with Crippen molar-refractivity contribution >= 4 is 32.6 Å². The minimum Gasteiger partial charge on any atom is -0.309 e. The predicted octanol–water partition coefficient (Wildman–Crippen LogP) is 10.3. The molecule has 0 amide bonds. The van der Waals surface area contributed by atoms with Crippen molar-refractivity contribution in [2.45, 2.75) is 5.41 Å². The van der Waals surface area contributed by atoms with Gasteiger partial charge in [0.15, 0.2) is 0 Å². The molecule has 194 valence electrons. The van der Waals surface area contributed by atoms with Gasteiger partial charge in [-0.15, -0.1) is 0 Å². The minimum absolute atomic E-state index is 0.379. The first-order valence-corrected chi connectivity index (χ1v) is 14.7. The molecule has 0 aliphatic heterocycles. The minimum atomic E-state index is -0.379. The smallest absolute Gasteiger partial charge is 0.0725 e. The summed E-state index contributed by atoms with van der Waals surface area (Å²) >= 11 is 0. The Morgan fingerprint density at radius 1 is 0.429 bits per heavy atom. The van der Waals surface area contributed by atoms with Gasteiger partial charge >= 0.3 is 0 Å². The molecule has 1 heteroatoms. The topological polar surface area (TPSA) is 4.93 Å². The lowest BCUT2D eigenvalue weighted by atomic mass is 9.62. The van der Waals surface area contributed by atoms with E-state index in [-0.39, 0.29) is 5.41 Å². The highest BCUT2D eigenvalue weighted by Gasteiger charge is 2.50. The lowest BCUT2D eigenvalue weighted by molar-refractivity contribution is 0.772. The maximum atomic E-state index is 2.45. The second-order valence-corrected chi connectivity index (χ2v) is 11.7. The summed E-state index contributed by atoms with van der Waals surface area (Å²) in [6, 6.07) is 56.5. The quantitative estimate of drug-likeness (QED) is 0.209. The lowest BCUT2D eigenvalue weighted by Crippen LogP contribution is -2.31. The standard InChI is InChI=1S/C41H25N/c1-2-12-27(13-3-1)41-35-18-7-4-14-29(35)33-23-21-26-11-10-17-32(39(26)40(33)41)34-25-28(22-24-36(34)41)42-37-19-8-5-15-30(37)31-16-6-9-20-38(31)42/h1-25H. The number of aromatic nitrogens is 1. The highest BCUT2D eigenvalue weighted by molar-refractivity contribution is 6.12. The van der Waals surface area contributed by atoms with Crippen LogP contribution in [-0.4, -0.2) is 4.57 Å². The van der Waals surface area contributed by atoms with E-state index in [1.165, 1.54) is 82.8 Å². The molecule has 0 spiro atoms. The van der Waals surface area contributed by atoms with Gasteiger partial charge in [0.1, 0.15) is 0 Å². The summed E-state index contributed by atoms with van der Waals surface area (Å²) in [7, 11) is 0. The normalized spacial score (nSPS) is 16.2. The summed E-state index contributed by atoms with van der Waals surface area (Å²) in [4.78, 5) is 0. The van der Waals surface area contributed by atoms with Gasteiger partial charge in [0.2, 0.25) is 0 Å². The highest BCUT2D eigenvalue weighted by Crippen LogP contribution is 2.63. The van der Waals surface area contributed by atoms with Crippen molar-refractivity contribution in [2.75, 3.05) is 0 Å². The van der Waals surface area contributed by atoms with Crippen LogP contribution < -0.4 is 0 Å². The molecule has 2 aliphatic rings. The summed E-state index contributed by atoms with van der Waals surface area (Å²) in [6.45, 7) is 0. The van der Waals surface area contributed by atoms with Gasteiger partial charge in [-0.2, -0.15) is 0 Å². The van der Waals surface area contributed by atoms with E-state index in [0.717, 1.165) is 0 Å². The van der Waals surface area contributed by atoms with Crippen LogP contribution in [0.1, 0.15) is 22.3 Å². The van der Waals surface area contributed by atoms with Gasteiger partial charge in [0.25, 0.3) is 0 Å². The Labute approximate surface area is 243 Å². The van der Waals surface area contributed by atoms with Crippen LogP contribution in [0.3, 0.4) is 0 Å². The first-order valence-electron chi connectivity index (χ1n) is 14.7. The number of hydrogen-bond donors (Lipinski definition) is 0. The highest BCUT2D eigenvalue weighted by atomic mass is 15.0. The summed E-state index contributed by atoms with van der Waals surface area (Å²) in [6.07, 6.45) is 0. The second-order valence-electron chi connectivity index (χ2n) is 11.7. The Kier molecular flexibility index (Phi) is 4.18. The molecule has 1 heterocycles. The van der Waals surface area contributed by atoms with Crippen molar-refractivity contribution in [2.24, 2.45) is 0 Å². The number of fused-ring (bicyclic) bond motifs is 9. The molecule has 0 fully saturated rings. The third-order valence-electron chi connectivity index (χ3n) is 9.78. The van der Waals surface area contributed by atoms with Crippen LogP contribution >= 0.6 is 0 Å². The number of nitrogens with zero attached hydrogens (tertiary/aromatic N) is 1. The van der Waals surface area contributed by atoms with Crippen molar-refractivity contribution < 1.29 is 0 Å². The number of benzene rings is 7. The van der Waals surface area contributed by atoms with E-state index in [2.05, 4.69) is 156 Å². The number of hydrogen-bond acceptors (Lipinski definition) is 0. The zero-order valence-corrected chi connectivity index (χ0v) is 22.9. The molecule has 8 aromatic rings. The van der Waals surface area contributed by atoms with E-state index in [0.29, 0.717) is 0 Å². The van der Waals surface area contributed by atoms with E-state index in [1.807, 2.05) is 0 Å². The average molecular weight is 532 g/mol. The summed E-state index contributed by atoms with van der Waals surface area (Å²) in [5.41, 5.74) is 14.1. The van der Waals surface area contributed by atoms with Crippen molar-refractivity contribution in [3.05, 3.63) is 174 Å². The Morgan fingerprint density at radius 3 is 1.90 bits per heavy atom. The molecule has 42 heavy (non-hydrogen) atoms. The molecular formula is C41H25N. The lowest BCUT2D eigenvalue weighted by Gasteiger charge is -2.40. The molecule has 0 bridgehead atoms. The molecule has 1 nitrogen and oxygen atoms in total. The van der Waals surface area contributed by atoms with Crippen molar-refractivity contribution in [1.29, 1.82) is 0 Å². The molecule has 0 N–H and O–H groups in total. The summed E-state index contributed by atoms with van der Waals surface area (Å²) < 4.78 is 2.44. The van der Waals surface area contributed by atoms with Crippen LogP contribution in [0.15, 0.2) is 152 Å². The second kappa shape index (κ2) is 7.87. The molecule has 2 aliphatic carbocycles. The fourth-order valence-corrected chi connectivity index (χ4v) is 8.24. The van der Waals surface area contributed by atoms with Crippen LogP contribution in [-0.2, 0) is 5.41 Å². The number of para-hydroxylation sites is 2. The maximum absolute atomic E-state index is 2.45. The van der Waals surface area contributed by atoms with Crippen LogP contribution in [0, 0.1) is 0 Å². The Balaban J connectivity index is 1.39. The zero-order valence-electron chi connectivity index (χ0n) is 22.9. The van der Waals surface area contributed by atoms with Gasteiger partial charge < -0.3 is 4.57 Å². The first-order chi connectivity index (χ1) is 20.9. The third kappa shape index (κ3) is 2.56. The van der Waals surface area contributed by atoms with Crippen LogP contribution in [0.4, 0.5) is 0 Å². The van der Waals surface area contributed by atoms with Crippen molar-refractivity contribution in [3.8, 4) is 27.9 Å². The Morgan fingerprint density at radius 2 is 1.10 bits per heavy atom. The van der Waals surface area contributed by atoms with Crippen LogP contribution in [0.25, 0.3) is 60.5 Å². The number of rotatable bonds is 2. The first kappa shape index (κ1) is 22.3. The summed E-state index contributed by atoms with van der Waals surface area (Å²) in [5, 5.41) is 5.25. The van der Waals surface area contributed by atoms with E-state index >= 15 is 0 Å². The fraction of sp³-hybridized carbons (Fsp3) is 0.0244. The Hall–Kier alpha value is -5.40. The van der Waals surface area contributed by atoms with Crippen LogP contribution in [0.2, 0.25) is 0 Å². The monoisotopic (exact) mass is 531 g/mol. The molecule has 0 radical (unpaired) electrons. The van der Waals surface area contributed by atoms with Crippen molar-refractivity contribution in [3.63, 3.8) is 0 Å². The van der Waals surface area contributed by atoms with E-state index in [1.54, 1.807) is 0 Å². The predicted molar refractivity (Wildman–Crippen MR) is 175 cm³/mol. The summed E-state index contributed by atoms with van der Waals surface area (Å²) in [5.74, 6) is 0. The third-order valence-corrected chi connectivity index (χ3v) is 9.78. The van der Waals surface area contributed by atoms with Gasteiger partial charge in [-0.05, 0) is 79.5 Å². The largest absolute Gasteiger partial charge is 0.309 e. The maximum Gasteiger partial charge on any atom is 0.0725 e. The van der Waals surface area contributed by atoms with Gasteiger partial charge in [-0.3, -0.25) is 0 Å². The fourth-order valence-electron chi connectivity index (χ4n) is 8.24. The SMILES string of the molecule is c1ccc(C23c4ccccc4-c4ccc5cccc(c5c42)-c2cc(-n4c5ccccc5c5ccccc54)ccc23)cc1. The van der Waals surface area contributed by atoms with Gasteiger partial charge in [-0.25, -0.2) is 0 Å². The molecule has 0 saturated heterocycles. The molecule has 1 aromatic heterocycles. The van der Waals surface area contributed by atoms with Gasteiger partial charge in [0.05, 0.1) is 16.4 Å². The molecule has 1 unspecified atom stereocenters. The van der Waals surface area contributed by atoms with Crippen molar-refractivity contribution in [1.82, 2.24) is 4.57 Å². The van der Waals surface area contributed by atoms with E-state index < -0.39 is 0 Å². The Bertz CT molecular complexity index is 2360. The van der Waals surface area contributed by atoms with E-state index in [4.69, 9.17) is 0 Å². The molecular weight excluding hydrogens is 506 g/mol. The molecule has 7 aromatic carbocycles. The molecule has 0 saturated carbocycles. The average Bonchev–Trinajstić information content (AvgIpc) is 3.56. The van der Waals surface area contributed by atoms with Gasteiger partial charge in [-0.1, -0.05) is 127 Å². The van der Waals surface area contributed by atoms with Crippen LogP contribution in [0.5, 0.6) is 0 Å². The van der Waals surface area contributed by atoms with E-state index in [9.17, 15) is 0 Å². The molecule has 10 rings (SSSR count). The van der Waals surface area contributed by atoms with Gasteiger partial charge in [0, 0.05) is 16.5 Å². The zero-order chi connectivity index (χ0) is 27.4.